The zero-order chi connectivity index (χ0) is 28.2. The molecule has 0 aliphatic carbocycles. The van der Waals surface area contributed by atoms with Crippen molar-refractivity contribution in [3.05, 3.63) is 66.2 Å². The largest absolute Gasteiger partial charge is 0.495 e. The maximum atomic E-state index is 13.3. The van der Waals surface area contributed by atoms with Crippen LogP contribution in [0.2, 0.25) is 0 Å². The molecule has 0 unspecified atom stereocenters. The third kappa shape index (κ3) is 5.61. The number of para-hydroxylation sites is 2. The monoisotopic (exact) mass is 569 g/mol. The number of ketones is 1. The molecule has 9 nitrogen and oxygen atoms in total. The van der Waals surface area contributed by atoms with Crippen LogP contribution in [-0.2, 0) is 10.0 Å². The zero-order valence-corrected chi connectivity index (χ0v) is 24.1. The summed E-state index contributed by atoms with van der Waals surface area (Å²) in [6.07, 6.45) is 0. The van der Waals surface area contributed by atoms with Gasteiger partial charge in [-0.3, -0.25) is 9.36 Å². The van der Waals surface area contributed by atoms with Crippen molar-refractivity contribution in [1.82, 2.24) is 13.9 Å². The van der Waals surface area contributed by atoms with E-state index in [0.717, 1.165) is 0 Å². The van der Waals surface area contributed by atoms with Crippen LogP contribution in [-0.4, -0.2) is 68.2 Å². The Morgan fingerprint density at radius 1 is 0.897 bits per heavy atom. The second-order valence-electron chi connectivity index (χ2n) is 8.42. The van der Waals surface area contributed by atoms with Crippen molar-refractivity contribution in [1.29, 1.82) is 0 Å². The van der Waals surface area contributed by atoms with Gasteiger partial charge >= 0.3 is 0 Å². The van der Waals surface area contributed by atoms with Crippen molar-refractivity contribution in [2.24, 2.45) is 0 Å². The van der Waals surface area contributed by atoms with Crippen LogP contribution >= 0.6 is 11.8 Å². The van der Waals surface area contributed by atoms with Gasteiger partial charge in [-0.1, -0.05) is 37.7 Å². The summed E-state index contributed by atoms with van der Waals surface area (Å²) in [5, 5.41) is 0.528. The molecule has 1 heterocycles. The quantitative estimate of drug-likeness (QED) is 0.173. The fourth-order valence-corrected chi connectivity index (χ4v) is 6.67. The molecule has 206 valence electrons. The van der Waals surface area contributed by atoms with E-state index in [1.54, 1.807) is 43.5 Å². The third-order valence-corrected chi connectivity index (χ3v) is 9.29. The van der Waals surface area contributed by atoms with Crippen LogP contribution < -0.4 is 14.2 Å². The minimum absolute atomic E-state index is 0.0958. The number of carbonyl (C=O) groups is 1. The first-order valence-corrected chi connectivity index (χ1v) is 14.8. The Kier molecular flexibility index (Phi) is 8.83. The van der Waals surface area contributed by atoms with Crippen LogP contribution in [0.15, 0.2) is 70.7 Å². The highest BCUT2D eigenvalue weighted by molar-refractivity contribution is 7.99. The fourth-order valence-electron chi connectivity index (χ4n) is 4.27. The minimum atomic E-state index is -3.69. The second-order valence-corrected chi connectivity index (χ2v) is 11.3. The van der Waals surface area contributed by atoms with Crippen molar-refractivity contribution in [3.63, 3.8) is 0 Å². The molecule has 0 bridgehead atoms. The molecule has 0 aliphatic rings. The summed E-state index contributed by atoms with van der Waals surface area (Å²) in [6, 6.07) is 17.3. The SMILES string of the molecule is CCN(CC)S(=O)(=O)c1ccc2nc(SCC(=O)c3ccc(OC)c(OC)c3)n(-c3ccccc3OC)c2c1. The van der Waals surface area contributed by atoms with E-state index in [4.69, 9.17) is 19.2 Å². The number of hydrogen-bond donors (Lipinski definition) is 0. The van der Waals surface area contributed by atoms with Crippen molar-refractivity contribution in [3.8, 4) is 22.9 Å². The average molecular weight is 570 g/mol. The average Bonchev–Trinajstić information content (AvgIpc) is 3.33. The first-order chi connectivity index (χ1) is 18.8. The number of fused-ring (bicyclic) bond motifs is 1. The molecule has 1 aromatic heterocycles. The highest BCUT2D eigenvalue weighted by atomic mass is 32.2. The van der Waals surface area contributed by atoms with E-state index in [2.05, 4.69) is 0 Å². The van der Waals surface area contributed by atoms with Gasteiger partial charge in [0, 0.05) is 18.7 Å². The summed E-state index contributed by atoms with van der Waals surface area (Å²) in [6.45, 7) is 4.34. The first kappa shape index (κ1) is 28.5. The molecular weight excluding hydrogens is 538 g/mol. The number of aromatic nitrogens is 2. The Labute approximate surface area is 232 Å². The Bertz CT molecular complexity index is 1600. The van der Waals surface area contributed by atoms with Crippen molar-refractivity contribution in [2.45, 2.75) is 23.9 Å². The molecule has 0 amide bonds. The zero-order valence-electron chi connectivity index (χ0n) is 22.5. The lowest BCUT2D eigenvalue weighted by Gasteiger charge is -2.18. The minimum Gasteiger partial charge on any atom is -0.495 e. The van der Waals surface area contributed by atoms with Gasteiger partial charge < -0.3 is 14.2 Å². The van der Waals surface area contributed by atoms with Gasteiger partial charge in [0.15, 0.2) is 22.4 Å². The molecular formula is C28H31N3O6S2. The van der Waals surface area contributed by atoms with E-state index in [1.807, 2.05) is 42.7 Å². The number of nitrogens with zero attached hydrogens (tertiary/aromatic N) is 3. The van der Waals surface area contributed by atoms with Crippen LogP contribution in [0.25, 0.3) is 16.7 Å². The lowest BCUT2D eigenvalue weighted by molar-refractivity contribution is 0.102. The smallest absolute Gasteiger partial charge is 0.243 e. The van der Waals surface area contributed by atoms with Crippen LogP contribution in [0, 0.1) is 0 Å². The number of benzene rings is 3. The molecule has 4 rings (SSSR count). The molecule has 0 aliphatic heterocycles. The lowest BCUT2D eigenvalue weighted by Crippen LogP contribution is -2.30. The molecule has 0 N–H and O–H groups in total. The number of imidazole rings is 1. The lowest BCUT2D eigenvalue weighted by atomic mass is 10.1. The molecule has 3 aromatic carbocycles. The van der Waals surface area contributed by atoms with Crippen LogP contribution in [0.5, 0.6) is 17.2 Å². The van der Waals surface area contributed by atoms with E-state index in [-0.39, 0.29) is 16.4 Å². The molecule has 0 saturated heterocycles. The molecule has 4 aromatic rings. The van der Waals surface area contributed by atoms with Crippen LogP contribution in [0.4, 0.5) is 0 Å². The van der Waals surface area contributed by atoms with Gasteiger partial charge in [0.1, 0.15) is 5.75 Å². The van der Waals surface area contributed by atoms with E-state index >= 15 is 0 Å². The van der Waals surface area contributed by atoms with Gasteiger partial charge in [-0.25, -0.2) is 13.4 Å². The molecule has 11 heteroatoms. The summed E-state index contributed by atoms with van der Waals surface area (Å²) in [4.78, 5) is 18.1. The molecule has 0 saturated carbocycles. The van der Waals surface area contributed by atoms with Gasteiger partial charge in [0.25, 0.3) is 0 Å². The van der Waals surface area contributed by atoms with Gasteiger partial charge in [-0.15, -0.1) is 0 Å². The number of thioether (sulfide) groups is 1. The highest BCUT2D eigenvalue weighted by Crippen LogP contribution is 2.35. The van der Waals surface area contributed by atoms with E-state index < -0.39 is 10.0 Å². The van der Waals surface area contributed by atoms with E-state index in [9.17, 15) is 13.2 Å². The predicted octanol–water partition coefficient (Wildman–Crippen LogP) is 5.06. The number of sulfonamides is 1. The second kappa shape index (κ2) is 12.1. The number of ether oxygens (including phenoxy) is 3. The number of methoxy groups -OCH3 is 3. The van der Waals surface area contributed by atoms with Crippen LogP contribution in [0.3, 0.4) is 0 Å². The third-order valence-electron chi connectivity index (χ3n) is 6.30. The summed E-state index contributed by atoms with van der Waals surface area (Å²) in [5.74, 6) is 1.57. The van der Waals surface area contributed by atoms with E-state index in [1.165, 1.54) is 30.3 Å². The fraction of sp³-hybridized carbons (Fsp3) is 0.286. The summed E-state index contributed by atoms with van der Waals surface area (Å²) in [5.41, 5.74) is 2.35. The van der Waals surface area contributed by atoms with Gasteiger partial charge in [-0.2, -0.15) is 4.31 Å². The maximum Gasteiger partial charge on any atom is 0.243 e. The normalized spacial score (nSPS) is 11.6. The molecule has 0 fully saturated rings. The van der Waals surface area contributed by atoms with E-state index in [0.29, 0.717) is 57.8 Å². The van der Waals surface area contributed by atoms with Gasteiger partial charge in [0.2, 0.25) is 10.0 Å². The predicted molar refractivity (Wildman–Crippen MR) is 152 cm³/mol. The van der Waals surface area contributed by atoms with Gasteiger partial charge in [-0.05, 0) is 48.5 Å². The standard InChI is InChI=1S/C28H31N3O6S2/c1-6-30(7-2)39(33,34)20-13-14-21-23(17-20)31(22-10-8-9-11-25(22)35-3)28(29-21)38-18-24(32)19-12-15-26(36-4)27(16-19)37-5/h8-17H,6-7,18H2,1-5H3. The van der Waals surface area contributed by atoms with Crippen molar-refractivity contribution < 1.29 is 27.4 Å². The summed E-state index contributed by atoms with van der Waals surface area (Å²) >= 11 is 1.26. The maximum absolute atomic E-state index is 13.3. The number of Topliss-reactive ketones (excluding diaryl/α,β-unsaturated/α-hetero) is 1. The number of rotatable bonds is 12. The molecule has 0 atom stereocenters. The Morgan fingerprint density at radius 3 is 2.26 bits per heavy atom. The Morgan fingerprint density at radius 2 is 1.59 bits per heavy atom. The first-order valence-electron chi connectivity index (χ1n) is 12.3. The van der Waals surface area contributed by atoms with Crippen molar-refractivity contribution >= 4 is 38.6 Å². The highest BCUT2D eigenvalue weighted by Gasteiger charge is 2.24. The Balaban J connectivity index is 1.79. The van der Waals surface area contributed by atoms with Gasteiger partial charge in [0.05, 0.1) is 48.7 Å². The summed E-state index contributed by atoms with van der Waals surface area (Å²) < 4.78 is 46.0. The Hall–Kier alpha value is -3.54. The molecule has 0 radical (unpaired) electrons. The topological polar surface area (TPSA) is 100.0 Å². The molecule has 0 spiro atoms. The summed E-state index contributed by atoms with van der Waals surface area (Å²) in [7, 11) is 0.934. The number of hydrogen-bond acceptors (Lipinski definition) is 8. The number of carbonyl (C=O) groups excluding carboxylic acids is 1. The van der Waals surface area contributed by atoms with Crippen LogP contribution in [0.1, 0.15) is 24.2 Å². The molecule has 39 heavy (non-hydrogen) atoms. The van der Waals surface area contributed by atoms with Crippen molar-refractivity contribution in [2.75, 3.05) is 40.2 Å².